The maximum absolute atomic E-state index is 11.4. The average Bonchev–Trinajstić information content (AvgIpc) is 2.46. The number of hydrogen-bond donors (Lipinski definition) is 2. The fourth-order valence-corrected chi connectivity index (χ4v) is 2.05. The normalized spacial score (nSPS) is 10.3. The molecular formula is C14H16N2O4. The molecule has 0 aliphatic carbocycles. The maximum atomic E-state index is 11.4. The second-order valence-electron chi connectivity index (χ2n) is 4.21. The summed E-state index contributed by atoms with van der Waals surface area (Å²) in [7, 11) is 2.88. The van der Waals surface area contributed by atoms with E-state index in [-0.39, 0.29) is 5.56 Å². The van der Waals surface area contributed by atoms with Gasteiger partial charge in [0, 0.05) is 18.0 Å². The van der Waals surface area contributed by atoms with Gasteiger partial charge in [-0.2, -0.15) is 0 Å². The molecule has 0 saturated carbocycles. The number of aromatic nitrogens is 1. The summed E-state index contributed by atoms with van der Waals surface area (Å²) < 4.78 is 9.75. The molecule has 1 heterocycles. The van der Waals surface area contributed by atoms with Crippen molar-refractivity contribution in [1.82, 2.24) is 10.3 Å². The molecule has 6 heteroatoms. The number of aromatic amines is 1. The van der Waals surface area contributed by atoms with Gasteiger partial charge in [0.2, 0.25) is 5.56 Å². The molecule has 1 aromatic heterocycles. The van der Waals surface area contributed by atoms with Crippen molar-refractivity contribution in [1.29, 1.82) is 0 Å². The Morgan fingerprint density at radius 2 is 2.05 bits per heavy atom. The van der Waals surface area contributed by atoms with E-state index in [9.17, 15) is 9.59 Å². The van der Waals surface area contributed by atoms with Crippen molar-refractivity contribution < 1.29 is 14.3 Å². The van der Waals surface area contributed by atoms with Gasteiger partial charge in [-0.3, -0.25) is 4.79 Å². The Kier molecular flexibility index (Phi) is 4.24. The van der Waals surface area contributed by atoms with Gasteiger partial charge in [0.25, 0.3) is 0 Å². The van der Waals surface area contributed by atoms with E-state index in [0.29, 0.717) is 24.2 Å². The highest BCUT2D eigenvalue weighted by atomic mass is 16.5. The summed E-state index contributed by atoms with van der Waals surface area (Å²) in [6, 6.07) is 6.94. The number of hydrogen-bond acceptors (Lipinski definition) is 4. The minimum absolute atomic E-state index is 0.180. The van der Waals surface area contributed by atoms with Crippen LogP contribution in [0.15, 0.2) is 29.1 Å². The molecule has 0 unspecified atom stereocenters. The summed E-state index contributed by atoms with van der Waals surface area (Å²) in [5.74, 6) is 0.613. The van der Waals surface area contributed by atoms with Crippen LogP contribution >= 0.6 is 0 Å². The molecule has 0 atom stereocenters. The molecule has 2 rings (SSSR count). The fraction of sp³-hybridized carbons (Fsp3) is 0.286. The van der Waals surface area contributed by atoms with Gasteiger partial charge in [0.15, 0.2) is 0 Å². The van der Waals surface area contributed by atoms with Crippen molar-refractivity contribution >= 4 is 17.0 Å². The van der Waals surface area contributed by atoms with Crippen LogP contribution in [-0.4, -0.2) is 31.8 Å². The number of pyridine rings is 1. The van der Waals surface area contributed by atoms with Crippen LogP contribution in [0.25, 0.3) is 10.9 Å². The lowest BCUT2D eigenvalue weighted by Gasteiger charge is -2.10. The average molecular weight is 276 g/mol. The molecule has 2 N–H and O–H groups in total. The summed E-state index contributed by atoms with van der Waals surface area (Å²) in [5.41, 5.74) is 1.49. The molecule has 20 heavy (non-hydrogen) atoms. The van der Waals surface area contributed by atoms with Crippen LogP contribution in [0.4, 0.5) is 4.79 Å². The van der Waals surface area contributed by atoms with Crippen molar-refractivity contribution in [3.63, 3.8) is 0 Å². The summed E-state index contributed by atoms with van der Waals surface area (Å²) in [5, 5.41) is 3.52. The van der Waals surface area contributed by atoms with Crippen LogP contribution in [-0.2, 0) is 11.2 Å². The van der Waals surface area contributed by atoms with Gasteiger partial charge >= 0.3 is 6.09 Å². The van der Waals surface area contributed by atoms with Crippen LogP contribution in [0.2, 0.25) is 0 Å². The van der Waals surface area contributed by atoms with Gasteiger partial charge < -0.3 is 19.8 Å². The molecule has 0 radical (unpaired) electrons. The number of nitrogens with one attached hydrogen (secondary N) is 2. The number of fused-ring (bicyclic) bond motifs is 1. The highest BCUT2D eigenvalue weighted by molar-refractivity contribution is 5.87. The lowest BCUT2D eigenvalue weighted by Crippen LogP contribution is -2.25. The molecule has 0 aliphatic heterocycles. The van der Waals surface area contributed by atoms with E-state index in [4.69, 9.17) is 4.74 Å². The molecule has 0 bridgehead atoms. The number of rotatable bonds is 4. The second-order valence-corrected chi connectivity index (χ2v) is 4.21. The zero-order valence-corrected chi connectivity index (χ0v) is 11.4. The van der Waals surface area contributed by atoms with Crippen LogP contribution in [0.5, 0.6) is 5.75 Å². The minimum Gasteiger partial charge on any atom is -0.495 e. The lowest BCUT2D eigenvalue weighted by atomic mass is 10.0. The predicted octanol–water partition coefficient (Wildman–Crippen LogP) is 1.44. The molecular weight excluding hydrogens is 260 g/mol. The molecule has 106 valence electrons. The Hall–Kier alpha value is -2.50. The zero-order chi connectivity index (χ0) is 14.5. The van der Waals surface area contributed by atoms with Gasteiger partial charge in [-0.05, 0) is 24.1 Å². The number of benzene rings is 1. The summed E-state index contributed by atoms with van der Waals surface area (Å²) in [4.78, 5) is 25.2. The molecule has 1 amide bonds. The fourth-order valence-electron chi connectivity index (χ4n) is 2.05. The van der Waals surface area contributed by atoms with Gasteiger partial charge in [-0.25, -0.2) is 4.79 Å². The van der Waals surface area contributed by atoms with Crippen molar-refractivity contribution in [2.24, 2.45) is 0 Å². The highest BCUT2D eigenvalue weighted by Gasteiger charge is 2.08. The first-order valence-corrected chi connectivity index (χ1v) is 6.16. The molecule has 0 aliphatic rings. The van der Waals surface area contributed by atoms with Crippen LogP contribution in [0.1, 0.15) is 5.56 Å². The van der Waals surface area contributed by atoms with E-state index in [1.807, 2.05) is 6.07 Å². The van der Waals surface area contributed by atoms with Crippen LogP contribution in [0, 0.1) is 0 Å². The van der Waals surface area contributed by atoms with E-state index in [1.165, 1.54) is 13.2 Å². The Morgan fingerprint density at radius 1 is 1.25 bits per heavy atom. The van der Waals surface area contributed by atoms with Gasteiger partial charge in [-0.1, -0.05) is 6.07 Å². The molecule has 2 aromatic rings. The quantitative estimate of drug-likeness (QED) is 0.885. The number of amides is 1. The largest absolute Gasteiger partial charge is 0.495 e. The smallest absolute Gasteiger partial charge is 0.406 e. The van der Waals surface area contributed by atoms with Crippen LogP contribution in [0.3, 0.4) is 0 Å². The van der Waals surface area contributed by atoms with E-state index >= 15 is 0 Å². The van der Waals surface area contributed by atoms with Crippen molar-refractivity contribution in [2.75, 3.05) is 20.8 Å². The number of ether oxygens (including phenoxy) is 2. The zero-order valence-electron chi connectivity index (χ0n) is 11.4. The highest BCUT2D eigenvalue weighted by Crippen LogP contribution is 2.25. The van der Waals surface area contributed by atoms with E-state index in [0.717, 1.165) is 10.9 Å². The Balaban J connectivity index is 2.30. The number of alkyl carbamates (subject to hydrolysis) is 1. The monoisotopic (exact) mass is 276 g/mol. The van der Waals surface area contributed by atoms with Crippen molar-refractivity contribution in [3.05, 3.63) is 40.2 Å². The minimum atomic E-state index is -0.462. The van der Waals surface area contributed by atoms with E-state index in [2.05, 4.69) is 15.0 Å². The number of carbonyl (C=O) groups excluding carboxylic acids is 1. The number of methoxy groups -OCH3 is 2. The van der Waals surface area contributed by atoms with Gasteiger partial charge in [0.05, 0.1) is 19.7 Å². The van der Waals surface area contributed by atoms with Gasteiger partial charge in [-0.15, -0.1) is 0 Å². The van der Waals surface area contributed by atoms with Gasteiger partial charge in [0.1, 0.15) is 5.75 Å². The van der Waals surface area contributed by atoms with Crippen molar-refractivity contribution in [3.8, 4) is 5.75 Å². The second kappa shape index (κ2) is 6.10. The summed E-state index contributed by atoms with van der Waals surface area (Å²) in [6.45, 7) is 0.452. The lowest BCUT2D eigenvalue weighted by molar-refractivity contribution is 0.171. The molecule has 6 nitrogen and oxygen atoms in total. The predicted molar refractivity (Wildman–Crippen MR) is 75.2 cm³/mol. The molecule has 0 saturated heterocycles. The first-order chi connectivity index (χ1) is 9.65. The third kappa shape index (κ3) is 2.90. The third-order valence-corrected chi connectivity index (χ3v) is 3.02. The van der Waals surface area contributed by atoms with E-state index in [1.54, 1.807) is 19.2 Å². The first-order valence-electron chi connectivity index (χ1n) is 6.16. The molecule has 0 spiro atoms. The summed E-state index contributed by atoms with van der Waals surface area (Å²) in [6.07, 6.45) is 0.165. The number of H-pyrrole nitrogens is 1. The first kappa shape index (κ1) is 13.9. The van der Waals surface area contributed by atoms with Crippen molar-refractivity contribution in [2.45, 2.75) is 6.42 Å². The SMILES string of the molecule is COC(=O)NCCc1ccc(OC)c2[nH]c(=O)ccc12. The Labute approximate surface area is 115 Å². The third-order valence-electron chi connectivity index (χ3n) is 3.02. The Bertz CT molecular complexity index is 678. The molecule has 1 aromatic carbocycles. The standard InChI is InChI=1S/C14H16N2O4/c1-19-11-5-3-9(7-8-15-14(18)20-2)10-4-6-12(17)16-13(10)11/h3-6H,7-8H2,1-2H3,(H,15,18)(H,16,17). The maximum Gasteiger partial charge on any atom is 0.406 e. The summed E-state index contributed by atoms with van der Waals surface area (Å²) >= 11 is 0. The Morgan fingerprint density at radius 3 is 2.75 bits per heavy atom. The van der Waals surface area contributed by atoms with E-state index < -0.39 is 6.09 Å². The topological polar surface area (TPSA) is 80.4 Å². The number of carbonyl (C=O) groups is 1. The molecule has 0 fully saturated rings. The van der Waals surface area contributed by atoms with Crippen LogP contribution < -0.4 is 15.6 Å².